The first-order chi connectivity index (χ1) is 9.75. The summed E-state index contributed by atoms with van der Waals surface area (Å²) in [7, 11) is -3.44. The zero-order valence-corrected chi connectivity index (χ0v) is 13.4. The van der Waals surface area contributed by atoms with Gasteiger partial charge in [-0.2, -0.15) is 0 Å². The van der Waals surface area contributed by atoms with Crippen molar-refractivity contribution in [3.8, 4) is 5.75 Å². The Morgan fingerprint density at radius 2 is 2.10 bits per heavy atom. The summed E-state index contributed by atoms with van der Waals surface area (Å²) in [5.41, 5.74) is 0.0849. The van der Waals surface area contributed by atoms with E-state index in [2.05, 4.69) is 5.32 Å². The minimum atomic E-state index is -3.90. The third-order valence-electron chi connectivity index (χ3n) is 2.64. The van der Waals surface area contributed by atoms with Gasteiger partial charge in [0.15, 0.2) is 0 Å². The number of benzene rings is 1. The van der Waals surface area contributed by atoms with Crippen LogP contribution in [0.25, 0.3) is 0 Å². The molecule has 0 saturated carbocycles. The molecule has 0 aliphatic rings. The van der Waals surface area contributed by atoms with Gasteiger partial charge in [0.05, 0.1) is 17.6 Å². The van der Waals surface area contributed by atoms with Crippen LogP contribution in [0.3, 0.4) is 0 Å². The van der Waals surface area contributed by atoms with E-state index in [1.807, 2.05) is 0 Å². The molecule has 0 bridgehead atoms. The molecule has 0 heterocycles. The quantitative estimate of drug-likeness (QED) is 0.672. The van der Waals surface area contributed by atoms with Gasteiger partial charge in [-0.25, -0.2) is 13.6 Å². The average molecular weight is 334 g/mol. The molecule has 0 radical (unpaired) electrons. The molecular weight excluding hydrogens is 316 g/mol. The first kappa shape index (κ1) is 17.6. The van der Waals surface area contributed by atoms with Gasteiger partial charge in [0.2, 0.25) is 10.0 Å². The van der Waals surface area contributed by atoms with Crippen LogP contribution >= 0.6 is 0 Å². The molecule has 7 nitrogen and oxygen atoms in total. The average Bonchev–Trinajstić information content (AvgIpc) is 2.41. The van der Waals surface area contributed by atoms with Crippen LogP contribution in [0.2, 0.25) is 0 Å². The molecule has 3 N–H and O–H groups in total. The van der Waals surface area contributed by atoms with Crippen LogP contribution in [0, 0.1) is 0 Å². The first-order valence-corrected chi connectivity index (χ1v) is 9.32. The predicted octanol–water partition coefficient (Wildman–Crippen LogP) is -0.159. The number of carbonyl (C=O) groups excluding carboxylic acids is 1. The maximum atomic E-state index is 12.0. The number of nitrogens with one attached hydrogen (secondary N) is 1. The van der Waals surface area contributed by atoms with Crippen molar-refractivity contribution in [3.05, 3.63) is 23.8 Å². The monoisotopic (exact) mass is 334 g/mol. The van der Waals surface area contributed by atoms with Crippen LogP contribution in [0.4, 0.5) is 0 Å². The summed E-state index contributed by atoms with van der Waals surface area (Å²) in [5, 5.41) is 7.66. The number of nitrogens with two attached hydrogens (primary N) is 1. The number of rotatable bonds is 7. The van der Waals surface area contributed by atoms with E-state index >= 15 is 0 Å². The van der Waals surface area contributed by atoms with Gasteiger partial charge >= 0.3 is 0 Å². The van der Waals surface area contributed by atoms with Crippen molar-refractivity contribution in [2.75, 3.05) is 25.7 Å². The highest BCUT2D eigenvalue weighted by Gasteiger charge is 2.17. The molecule has 1 rings (SSSR count). The third-order valence-corrected chi connectivity index (χ3v) is 4.41. The fourth-order valence-electron chi connectivity index (χ4n) is 1.61. The van der Waals surface area contributed by atoms with Crippen LogP contribution in [0.15, 0.2) is 23.1 Å². The second kappa shape index (κ2) is 7.53. The van der Waals surface area contributed by atoms with Crippen molar-refractivity contribution in [3.63, 3.8) is 0 Å². The van der Waals surface area contributed by atoms with E-state index in [9.17, 15) is 17.4 Å². The number of carbonyl (C=O) groups is 1. The van der Waals surface area contributed by atoms with Crippen LogP contribution in [0.1, 0.15) is 16.8 Å². The Labute approximate surface area is 126 Å². The lowest BCUT2D eigenvalue weighted by molar-refractivity contribution is 0.0950. The molecule has 0 spiro atoms. The first-order valence-electron chi connectivity index (χ1n) is 6.04. The van der Waals surface area contributed by atoms with E-state index in [-0.39, 0.29) is 16.2 Å². The Kier molecular flexibility index (Phi) is 6.31. The van der Waals surface area contributed by atoms with Crippen molar-refractivity contribution in [2.24, 2.45) is 5.14 Å². The molecule has 0 aromatic heterocycles. The highest BCUT2D eigenvalue weighted by atomic mass is 32.2. The van der Waals surface area contributed by atoms with Crippen LogP contribution in [-0.4, -0.2) is 44.2 Å². The number of methoxy groups -OCH3 is 1. The molecule has 0 fully saturated rings. The lowest BCUT2D eigenvalue weighted by atomic mass is 10.2. The summed E-state index contributed by atoms with van der Waals surface area (Å²) in [6.07, 6.45) is 2.15. The van der Waals surface area contributed by atoms with E-state index in [4.69, 9.17) is 9.88 Å². The zero-order valence-electron chi connectivity index (χ0n) is 11.8. The summed E-state index contributed by atoms with van der Waals surface area (Å²) < 4.78 is 38.6. The number of ether oxygens (including phenoxy) is 1. The maximum Gasteiger partial charge on any atom is 0.255 e. The molecule has 1 aromatic rings. The van der Waals surface area contributed by atoms with Gasteiger partial charge in [0.25, 0.3) is 5.91 Å². The summed E-state index contributed by atoms with van der Waals surface area (Å²) in [4.78, 5) is 11.9. The molecule has 1 unspecified atom stereocenters. The van der Waals surface area contributed by atoms with Crippen molar-refractivity contribution in [1.29, 1.82) is 0 Å². The molecule has 1 amide bonds. The fraction of sp³-hybridized carbons (Fsp3) is 0.417. The largest absolute Gasteiger partial charge is 0.496 e. The summed E-state index contributed by atoms with van der Waals surface area (Å²) >= 11 is 0. The Bertz CT molecular complexity index is 643. The van der Waals surface area contributed by atoms with E-state index in [0.717, 1.165) is 0 Å². The van der Waals surface area contributed by atoms with Crippen LogP contribution in [0.5, 0.6) is 5.75 Å². The van der Waals surface area contributed by atoms with Gasteiger partial charge in [0, 0.05) is 29.4 Å². The van der Waals surface area contributed by atoms with Gasteiger partial charge in [-0.1, -0.05) is 0 Å². The number of hydrogen-bond acceptors (Lipinski definition) is 5. The van der Waals surface area contributed by atoms with Crippen LogP contribution in [-0.2, 0) is 20.8 Å². The highest BCUT2D eigenvalue weighted by molar-refractivity contribution is 7.89. The van der Waals surface area contributed by atoms with Crippen molar-refractivity contribution < 1.29 is 22.2 Å². The number of hydrogen-bond donors (Lipinski definition) is 2. The molecule has 1 atom stereocenters. The van der Waals surface area contributed by atoms with E-state index in [1.165, 1.54) is 25.3 Å². The molecule has 0 aliphatic heterocycles. The second-order valence-electron chi connectivity index (χ2n) is 4.29. The van der Waals surface area contributed by atoms with Crippen molar-refractivity contribution >= 4 is 26.7 Å². The molecule has 1 aromatic carbocycles. The number of primary sulfonamides is 1. The third kappa shape index (κ3) is 5.44. The van der Waals surface area contributed by atoms with Gasteiger partial charge in [-0.15, -0.1) is 0 Å². The Hall–Kier alpha value is -1.45. The molecule has 118 valence electrons. The topological polar surface area (TPSA) is 116 Å². The van der Waals surface area contributed by atoms with Crippen molar-refractivity contribution in [1.82, 2.24) is 5.32 Å². The molecule has 0 saturated heterocycles. The maximum absolute atomic E-state index is 12.0. The van der Waals surface area contributed by atoms with E-state index in [1.54, 1.807) is 6.26 Å². The SMILES string of the molecule is COc1ccc(S(N)(=O)=O)cc1C(=O)NCCCS(C)=O. The Morgan fingerprint density at radius 3 is 2.62 bits per heavy atom. The minimum absolute atomic E-state index is 0.0849. The summed E-state index contributed by atoms with van der Waals surface area (Å²) in [6.45, 7) is 0.334. The number of amides is 1. The number of sulfonamides is 1. The normalized spacial score (nSPS) is 12.7. The molecule has 9 heteroatoms. The zero-order chi connectivity index (χ0) is 16.0. The highest BCUT2D eigenvalue weighted by Crippen LogP contribution is 2.21. The van der Waals surface area contributed by atoms with E-state index in [0.29, 0.717) is 18.7 Å². The fourth-order valence-corrected chi connectivity index (χ4v) is 2.70. The summed E-state index contributed by atoms with van der Waals surface area (Å²) in [5.74, 6) is 0.257. The van der Waals surface area contributed by atoms with Crippen molar-refractivity contribution in [2.45, 2.75) is 11.3 Å². The predicted molar refractivity (Wildman–Crippen MR) is 80.3 cm³/mol. The van der Waals surface area contributed by atoms with Gasteiger partial charge in [-0.3, -0.25) is 9.00 Å². The second-order valence-corrected chi connectivity index (χ2v) is 7.41. The Morgan fingerprint density at radius 1 is 1.43 bits per heavy atom. The van der Waals surface area contributed by atoms with Gasteiger partial charge in [0.1, 0.15) is 5.75 Å². The molecule has 0 aliphatic carbocycles. The standard InChI is InChI=1S/C12H18N2O5S2/c1-19-11-5-4-9(21(13,17)18)8-10(11)12(15)14-6-3-7-20(2)16/h4-5,8H,3,6-7H2,1-2H3,(H,14,15)(H2,13,17,18). The van der Waals surface area contributed by atoms with Gasteiger partial charge in [-0.05, 0) is 24.6 Å². The smallest absolute Gasteiger partial charge is 0.255 e. The van der Waals surface area contributed by atoms with Gasteiger partial charge < -0.3 is 10.1 Å². The molecular formula is C12H18N2O5S2. The molecule has 21 heavy (non-hydrogen) atoms. The lowest BCUT2D eigenvalue weighted by Gasteiger charge is -2.10. The Balaban J connectivity index is 2.89. The van der Waals surface area contributed by atoms with E-state index < -0.39 is 26.7 Å². The minimum Gasteiger partial charge on any atom is -0.496 e. The summed E-state index contributed by atoms with van der Waals surface area (Å²) in [6, 6.07) is 3.81. The lowest BCUT2D eigenvalue weighted by Crippen LogP contribution is -2.26. The van der Waals surface area contributed by atoms with Crippen LogP contribution < -0.4 is 15.2 Å².